The summed E-state index contributed by atoms with van der Waals surface area (Å²) in [6.45, 7) is 7.17. The summed E-state index contributed by atoms with van der Waals surface area (Å²) in [5, 5.41) is 4.90. The molecule has 130 valence electrons. The maximum atomic E-state index is 12.3. The molecule has 3 heterocycles. The average Bonchev–Trinajstić information content (AvgIpc) is 3.24. The zero-order chi connectivity index (χ0) is 16.8. The van der Waals surface area contributed by atoms with E-state index in [1.165, 1.54) is 0 Å². The number of aromatic nitrogens is 1. The number of hydrogen-bond donors (Lipinski definition) is 1. The second-order valence-corrected chi connectivity index (χ2v) is 6.77. The van der Waals surface area contributed by atoms with E-state index < -0.39 is 0 Å². The largest absolute Gasteiger partial charge is 0.440 e. The SMILES string of the molecule is Cc1oc(-c2cccs2)nc1C(=O)NCCCCN1CCOCC1. The third kappa shape index (κ3) is 4.43. The van der Waals surface area contributed by atoms with E-state index in [0.717, 1.165) is 50.6 Å². The Hall–Kier alpha value is -1.70. The molecule has 0 aromatic carbocycles. The maximum absolute atomic E-state index is 12.3. The van der Waals surface area contributed by atoms with Crippen molar-refractivity contribution >= 4 is 17.2 Å². The molecular formula is C17H23N3O3S. The van der Waals surface area contributed by atoms with Gasteiger partial charge in [-0.25, -0.2) is 4.98 Å². The number of amides is 1. The number of nitrogens with one attached hydrogen (secondary N) is 1. The fourth-order valence-electron chi connectivity index (χ4n) is 2.68. The Labute approximate surface area is 145 Å². The number of carbonyl (C=O) groups excluding carboxylic acids is 1. The number of rotatable bonds is 7. The van der Waals surface area contributed by atoms with Gasteiger partial charge in [-0.05, 0) is 37.8 Å². The maximum Gasteiger partial charge on any atom is 0.273 e. The Morgan fingerprint density at radius 3 is 2.96 bits per heavy atom. The number of nitrogens with zero attached hydrogens (tertiary/aromatic N) is 2. The molecule has 1 N–H and O–H groups in total. The fourth-order valence-corrected chi connectivity index (χ4v) is 3.33. The Bertz CT molecular complexity index is 648. The molecule has 1 fully saturated rings. The van der Waals surface area contributed by atoms with Crippen LogP contribution in [0, 0.1) is 6.92 Å². The van der Waals surface area contributed by atoms with Crippen LogP contribution >= 0.6 is 11.3 Å². The molecule has 2 aromatic rings. The van der Waals surface area contributed by atoms with Gasteiger partial charge < -0.3 is 14.5 Å². The lowest BCUT2D eigenvalue weighted by atomic mass is 10.2. The van der Waals surface area contributed by atoms with Gasteiger partial charge in [0.25, 0.3) is 5.91 Å². The smallest absolute Gasteiger partial charge is 0.273 e. The molecule has 2 aromatic heterocycles. The van der Waals surface area contributed by atoms with Gasteiger partial charge in [0.05, 0.1) is 18.1 Å². The van der Waals surface area contributed by atoms with Gasteiger partial charge >= 0.3 is 0 Å². The van der Waals surface area contributed by atoms with Gasteiger partial charge in [-0.2, -0.15) is 0 Å². The van der Waals surface area contributed by atoms with Crippen LogP contribution in [-0.2, 0) is 4.74 Å². The van der Waals surface area contributed by atoms with Crippen LogP contribution in [0.2, 0.25) is 0 Å². The molecule has 1 saturated heterocycles. The lowest BCUT2D eigenvalue weighted by Crippen LogP contribution is -2.37. The fraction of sp³-hybridized carbons (Fsp3) is 0.529. The lowest BCUT2D eigenvalue weighted by molar-refractivity contribution is 0.0372. The minimum absolute atomic E-state index is 0.162. The molecule has 7 heteroatoms. The van der Waals surface area contributed by atoms with Crippen LogP contribution in [0.1, 0.15) is 29.1 Å². The third-order valence-corrected chi connectivity index (χ3v) is 4.89. The van der Waals surface area contributed by atoms with Crippen molar-refractivity contribution in [3.8, 4) is 10.8 Å². The Kier molecular flexibility index (Phi) is 6.01. The number of oxazole rings is 1. The number of unbranched alkanes of at least 4 members (excludes halogenated alkanes) is 1. The van der Waals surface area contributed by atoms with E-state index in [2.05, 4.69) is 15.2 Å². The first-order valence-corrected chi connectivity index (χ1v) is 9.21. The Balaban J connectivity index is 1.42. The predicted molar refractivity (Wildman–Crippen MR) is 93.4 cm³/mol. The predicted octanol–water partition coefficient (Wildman–Crippen LogP) is 2.55. The number of hydrogen-bond acceptors (Lipinski definition) is 6. The van der Waals surface area contributed by atoms with Gasteiger partial charge in [0, 0.05) is 19.6 Å². The van der Waals surface area contributed by atoms with Crippen LogP contribution in [0.25, 0.3) is 10.8 Å². The molecule has 0 radical (unpaired) electrons. The van der Waals surface area contributed by atoms with Crippen molar-refractivity contribution in [1.29, 1.82) is 0 Å². The van der Waals surface area contributed by atoms with Gasteiger partial charge in [-0.15, -0.1) is 11.3 Å². The molecule has 0 bridgehead atoms. The first-order valence-electron chi connectivity index (χ1n) is 8.33. The van der Waals surface area contributed by atoms with Crippen molar-refractivity contribution in [3.05, 3.63) is 29.0 Å². The highest BCUT2D eigenvalue weighted by Gasteiger charge is 2.18. The number of aryl methyl sites for hydroxylation is 1. The van der Waals surface area contributed by atoms with Crippen LogP contribution in [-0.4, -0.2) is 55.2 Å². The molecule has 6 nitrogen and oxygen atoms in total. The summed E-state index contributed by atoms with van der Waals surface area (Å²) < 4.78 is 10.9. The van der Waals surface area contributed by atoms with Crippen molar-refractivity contribution in [3.63, 3.8) is 0 Å². The van der Waals surface area contributed by atoms with Gasteiger partial charge in [0.15, 0.2) is 5.69 Å². The van der Waals surface area contributed by atoms with Crippen LogP contribution in [0.3, 0.4) is 0 Å². The molecule has 3 rings (SSSR count). The highest BCUT2D eigenvalue weighted by atomic mass is 32.1. The van der Waals surface area contributed by atoms with E-state index in [9.17, 15) is 4.79 Å². The van der Waals surface area contributed by atoms with Crippen LogP contribution in [0.4, 0.5) is 0 Å². The summed E-state index contributed by atoms with van der Waals surface area (Å²) in [4.78, 5) is 19.9. The van der Waals surface area contributed by atoms with Crippen molar-refractivity contribution in [2.45, 2.75) is 19.8 Å². The molecule has 0 spiro atoms. The van der Waals surface area contributed by atoms with Gasteiger partial charge in [0.1, 0.15) is 5.76 Å². The minimum Gasteiger partial charge on any atom is -0.440 e. The highest BCUT2D eigenvalue weighted by Crippen LogP contribution is 2.25. The second kappa shape index (κ2) is 8.41. The molecular weight excluding hydrogens is 326 g/mol. The first kappa shape index (κ1) is 17.1. The Morgan fingerprint density at radius 2 is 2.21 bits per heavy atom. The quantitative estimate of drug-likeness (QED) is 0.778. The van der Waals surface area contributed by atoms with Crippen LogP contribution in [0.15, 0.2) is 21.9 Å². The monoisotopic (exact) mass is 349 g/mol. The van der Waals surface area contributed by atoms with E-state index in [-0.39, 0.29) is 5.91 Å². The standard InChI is InChI=1S/C17H23N3O3S/c1-13-15(19-17(23-13)14-5-4-12-24-14)16(21)18-6-2-3-7-20-8-10-22-11-9-20/h4-5,12H,2-3,6-11H2,1H3,(H,18,21). The summed E-state index contributed by atoms with van der Waals surface area (Å²) >= 11 is 1.55. The average molecular weight is 349 g/mol. The first-order chi connectivity index (χ1) is 11.7. The number of ether oxygens (including phenoxy) is 1. The van der Waals surface area contributed by atoms with Crippen LogP contribution in [0.5, 0.6) is 0 Å². The summed E-state index contributed by atoms with van der Waals surface area (Å²) in [7, 11) is 0. The second-order valence-electron chi connectivity index (χ2n) is 5.82. The van der Waals surface area contributed by atoms with E-state index >= 15 is 0 Å². The number of thiophene rings is 1. The molecule has 0 atom stereocenters. The molecule has 1 aliphatic rings. The van der Waals surface area contributed by atoms with Gasteiger partial charge in [-0.3, -0.25) is 9.69 Å². The van der Waals surface area contributed by atoms with Crippen molar-refractivity contribution in [1.82, 2.24) is 15.2 Å². The zero-order valence-corrected chi connectivity index (χ0v) is 14.7. The lowest BCUT2D eigenvalue weighted by Gasteiger charge is -2.26. The van der Waals surface area contributed by atoms with E-state index in [0.29, 0.717) is 23.9 Å². The number of morpholine rings is 1. The molecule has 1 aliphatic heterocycles. The molecule has 24 heavy (non-hydrogen) atoms. The zero-order valence-electron chi connectivity index (χ0n) is 13.9. The summed E-state index contributed by atoms with van der Waals surface area (Å²) in [6.07, 6.45) is 2.02. The van der Waals surface area contributed by atoms with Crippen molar-refractivity contribution in [2.24, 2.45) is 0 Å². The topological polar surface area (TPSA) is 67.6 Å². The van der Waals surface area contributed by atoms with E-state index in [1.54, 1.807) is 18.3 Å². The summed E-state index contributed by atoms with van der Waals surface area (Å²) in [6, 6.07) is 3.87. The number of carbonyl (C=O) groups is 1. The van der Waals surface area contributed by atoms with Crippen LogP contribution < -0.4 is 5.32 Å². The molecule has 0 aliphatic carbocycles. The summed E-state index contributed by atoms with van der Waals surface area (Å²) in [5.41, 5.74) is 0.381. The molecule has 0 unspecified atom stereocenters. The van der Waals surface area contributed by atoms with Gasteiger partial charge in [0.2, 0.25) is 5.89 Å². The van der Waals surface area contributed by atoms with Crippen molar-refractivity contribution < 1.29 is 13.9 Å². The Morgan fingerprint density at radius 1 is 1.38 bits per heavy atom. The molecule has 0 saturated carbocycles. The normalized spacial score (nSPS) is 15.5. The highest BCUT2D eigenvalue weighted by molar-refractivity contribution is 7.13. The molecule has 1 amide bonds. The van der Waals surface area contributed by atoms with Gasteiger partial charge in [-0.1, -0.05) is 6.07 Å². The summed E-state index contributed by atoms with van der Waals surface area (Å²) in [5.74, 6) is 0.912. The van der Waals surface area contributed by atoms with Crippen molar-refractivity contribution in [2.75, 3.05) is 39.4 Å². The van der Waals surface area contributed by atoms with E-state index in [4.69, 9.17) is 9.15 Å². The third-order valence-electron chi connectivity index (χ3n) is 4.03. The minimum atomic E-state index is -0.162. The van der Waals surface area contributed by atoms with E-state index in [1.807, 2.05) is 17.5 Å².